The van der Waals surface area contributed by atoms with Crippen LogP contribution in [0.15, 0.2) is 48.8 Å². The van der Waals surface area contributed by atoms with E-state index in [2.05, 4.69) is 28.1 Å². The molecule has 132 valence electrons. The zero-order valence-electron chi connectivity index (χ0n) is 14.2. The van der Waals surface area contributed by atoms with Crippen molar-refractivity contribution in [2.45, 2.75) is 25.8 Å². The highest BCUT2D eigenvalue weighted by molar-refractivity contribution is 6.04. The summed E-state index contributed by atoms with van der Waals surface area (Å²) in [7, 11) is 0. The van der Waals surface area contributed by atoms with Crippen LogP contribution >= 0.6 is 0 Å². The van der Waals surface area contributed by atoms with Crippen molar-refractivity contribution in [3.63, 3.8) is 0 Å². The first kappa shape index (κ1) is 18.6. The third-order valence-electron chi connectivity index (χ3n) is 3.62. The molecule has 0 saturated carbocycles. The number of benzene rings is 1. The lowest BCUT2D eigenvalue weighted by atomic mass is 10.0. The standard InChI is InChI=1S/C18H23N5O2/c1-2-3-10-21-23-18(25)16(19)13-4-6-14(7-5-13)17(24)22-15-8-11-20-12-9-15/h4-9,11-12,16,21H,2-3,10,19H2,1H3,(H,23,25)(H,20,22,24). The number of rotatable bonds is 8. The SMILES string of the molecule is CCCCNNC(=O)C(N)c1ccc(C(=O)Nc2ccncc2)cc1. The molecular weight excluding hydrogens is 318 g/mol. The van der Waals surface area contributed by atoms with Crippen LogP contribution < -0.4 is 21.9 Å². The van der Waals surface area contributed by atoms with E-state index in [1.807, 2.05) is 0 Å². The van der Waals surface area contributed by atoms with Crippen LogP contribution in [0.4, 0.5) is 5.69 Å². The summed E-state index contributed by atoms with van der Waals surface area (Å²) in [6.45, 7) is 2.77. The van der Waals surface area contributed by atoms with Crippen molar-refractivity contribution in [2.75, 3.05) is 11.9 Å². The Bertz CT molecular complexity index is 688. The Morgan fingerprint density at radius 3 is 2.44 bits per heavy atom. The smallest absolute Gasteiger partial charge is 0.255 e. The number of hydrogen-bond donors (Lipinski definition) is 4. The number of nitrogens with one attached hydrogen (secondary N) is 3. The summed E-state index contributed by atoms with van der Waals surface area (Å²) < 4.78 is 0. The van der Waals surface area contributed by atoms with Crippen molar-refractivity contribution in [2.24, 2.45) is 5.73 Å². The summed E-state index contributed by atoms with van der Waals surface area (Å²) >= 11 is 0. The number of unbranched alkanes of at least 4 members (excludes halogenated alkanes) is 1. The summed E-state index contributed by atoms with van der Waals surface area (Å²) in [6, 6.07) is 9.25. The average Bonchev–Trinajstić information content (AvgIpc) is 2.65. The van der Waals surface area contributed by atoms with Gasteiger partial charge in [-0.1, -0.05) is 25.5 Å². The van der Waals surface area contributed by atoms with E-state index in [1.165, 1.54) is 0 Å². The molecule has 25 heavy (non-hydrogen) atoms. The second-order valence-corrected chi connectivity index (χ2v) is 5.56. The lowest BCUT2D eigenvalue weighted by molar-refractivity contribution is -0.123. The summed E-state index contributed by atoms with van der Waals surface area (Å²) in [4.78, 5) is 28.1. The molecule has 0 spiro atoms. The van der Waals surface area contributed by atoms with Crippen LogP contribution in [-0.2, 0) is 4.79 Å². The number of hydrazine groups is 1. The molecule has 1 unspecified atom stereocenters. The van der Waals surface area contributed by atoms with Gasteiger partial charge in [0.25, 0.3) is 11.8 Å². The van der Waals surface area contributed by atoms with Crippen molar-refractivity contribution in [1.82, 2.24) is 15.8 Å². The average molecular weight is 341 g/mol. The third kappa shape index (κ3) is 5.66. The van der Waals surface area contributed by atoms with E-state index in [4.69, 9.17) is 5.73 Å². The number of amides is 2. The Labute approximate surface area is 147 Å². The maximum absolute atomic E-state index is 12.2. The first-order valence-electron chi connectivity index (χ1n) is 8.21. The molecule has 7 heteroatoms. The van der Waals surface area contributed by atoms with Gasteiger partial charge in [0, 0.05) is 30.2 Å². The molecule has 0 bridgehead atoms. The maximum Gasteiger partial charge on any atom is 0.255 e. The highest BCUT2D eigenvalue weighted by atomic mass is 16.2. The minimum Gasteiger partial charge on any atom is -0.322 e. The Morgan fingerprint density at radius 2 is 1.80 bits per heavy atom. The van der Waals surface area contributed by atoms with Gasteiger partial charge in [-0.2, -0.15) is 0 Å². The molecule has 0 aliphatic carbocycles. The predicted molar refractivity (Wildman–Crippen MR) is 96.6 cm³/mol. The Kier molecular flexibility index (Phi) is 7.06. The van der Waals surface area contributed by atoms with Crippen LogP contribution in [0, 0.1) is 0 Å². The van der Waals surface area contributed by atoms with E-state index in [9.17, 15) is 9.59 Å². The van der Waals surface area contributed by atoms with Gasteiger partial charge in [0.1, 0.15) is 6.04 Å². The van der Waals surface area contributed by atoms with Crippen LogP contribution in [-0.4, -0.2) is 23.3 Å². The van der Waals surface area contributed by atoms with E-state index in [0.29, 0.717) is 23.4 Å². The molecule has 1 aromatic heterocycles. The number of anilines is 1. The largest absolute Gasteiger partial charge is 0.322 e. The van der Waals surface area contributed by atoms with Gasteiger partial charge in [0.05, 0.1) is 0 Å². The van der Waals surface area contributed by atoms with Crippen LogP contribution in [0.25, 0.3) is 0 Å². The van der Waals surface area contributed by atoms with Crippen molar-refractivity contribution in [1.29, 1.82) is 0 Å². The van der Waals surface area contributed by atoms with Crippen molar-refractivity contribution < 1.29 is 9.59 Å². The molecule has 0 aliphatic rings. The molecule has 1 heterocycles. The summed E-state index contributed by atoms with van der Waals surface area (Å²) in [5.74, 6) is -0.554. The fourth-order valence-corrected chi connectivity index (χ4v) is 2.12. The van der Waals surface area contributed by atoms with Crippen LogP contribution in [0.1, 0.15) is 41.7 Å². The number of nitrogens with two attached hydrogens (primary N) is 1. The third-order valence-corrected chi connectivity index (χ3v) is 3.62. The molecule has 2 amide bonds. The van der Waals surface area contributed by atoms with Gasteiger partial charge >= 0.3 is 0 Å². The summed E-state index contributed by atoms with van der Waals surface area (Å²) in [5, 5.41) is 2.77. The van der Waals surface area contributed by atoms with E-state index >= 15 is 0 Å². The predicted octanol–water partition coefficient (Wildman–Crippen LogP) is 1.75. The first-order valence-corrected chi connectivity index (χ1v) is 8.21. The van der Waals surface area contributed by atoms with Gasteiger partial charge in [-0.3, -0.25) is 20.0 Å². The summed E-state index contributed by atoms with van der Waals surface area (Å²) in [5.41, 5.74) is 13.2. The molecule has 2 rings (SSSR count). The van der Waals surface area contributed by atoms with E-state index < -0.39 is 6.04 Å². The van der Waals surface area contributed by atoms with E-state index in [1.54, 1.807) is 48.8 Å². The second-order valence-electron chi connectivity index (χ2n) is 5.56. The van der Waals surface area contributed by atoms with Gasteiger partial charge in [0.15, 0.2) is 0 Å². The molecule has 1 atom stereocenters. The monoisotopic (exact) mass is 341 g/mol. The highest BCUT2D eigenvalue weighted by Crippen LogP contribution is 2.13. The van der Waals surface area contributed by atoms with Gasteiger partial charge in [-0.25, -0.2) is 5.43 Å². The fourth-order valence-electron chi connectivity index (χ4n) is 2.12. The molecule has 0 radical (unpaired) electrons. The lowest BCUT2D eigenvalue weighted by Gasteiger charge is -2.13. The number of hydrogen-bond acceptors (Lipinski definition) is 5. The Morgan fingerprint density at radius 1 is 1.12 bits per heavy atom. The van der Waals surface area contributed by atoms with Crippen LogP contribution in [0.2, 0.25) is 0 Å². The number of carbonyl (C=O) groups excluding carboxylic acids is 2. The van der Waals surface area contributed by atoms with Crippen molar-refractivity contribution in [3.05, 3.63) is 59.9 Å². The lowest BCUT2D eigenvalue weighted by Crippen LogP contribution is -2.43. The maximum atomic E-state index is 12.2. The molecule has 0 aliphatic heterocycles. The minimum absolute atomic E-state index is 0.239. The number of nitrogens with zero attached hydrogens (tertiary/aromatic N) is 1. The van der Waals surface area contributed by atoms with Gasteiger partial charge in [-0.05, 0) is 36.2 Å². The fraction of sp³-hybridized carbons (Fsp3) is 0.278. The van der Waals surface area contributed by atoms with Crippen molar-refractivity contribution in [3.8, 4) is 0 Å². The molecular formula is C18H23N5O2. The first-order chi connectivity index (χ1) is 12.1. The Hall–Kier alpha value is -2.77. The number of carbonyl (C=O) groups is 2. The van der Waals surface area contributed by atoms with Gasteiger partial charge < -0.3 is 11.1 Å². The zero-order valence-corrected chi connectivity index (χ0v) is 14.2. The molecule has 2 aromatic rings. The minimum atomic E-state index is -0.800. The molecule has 0 saturated heterocycles. The van der Waals surface area contributed by atoms with Gasteiger partial charge in [-0.15, -0.1) is 0 Å². The normalized spacial score (nSPS) is 11.6. The van der Waals surface area contributed by atoms with Crippen LogP contribution in [0.5, 0.6) is 0 Å². The molecule has 1 aromatic carbocycles. The van der Waals surface area contributed by atoms with Crippen LogP contribution in [0.3, 0.4) is 0 Å². The highest BCUT2D eigenvalue weighted by Gasteiger charge is 2.16. The number of aromatic nitrogens is 1. The topological polar surface area (TPSA) is 109 Å². The molecule has 7 nitrogen and oxygen atoms in total. The van der Waals surface area contributed by atoms with E-state index in [-0.39, 0.29) is 11.8 Å². The molecule has 0 fully saturated rings. The van der Waals surface area contributed by atoms with E-state index in [0.717, 1.165) is 12.8 Å². The Balaban J connectivity index is 1.92. The quantitative estimate of drug-likeness (QED) is 0.432. The molecule has 5 N–H and O–H groups in total. The van der Waals surface area contributed by atoms with Crippen molar-refractivity contribution >= 4 is 17.5 Å². The van der Waals surface area contributed by atoms with Gasteiger partial charge in [0.2, 0.25) is 0 Å². The zero-order chi connectivity index (χ0) is 18.1. The number of pyridine rings is 1. The summed E-state index contributed by atoms with van der Waals surface area (Å²) in [6.07, 6.45) is 5.21. The second kappa shape index (κ2) is 9.51.